The summed E-state index contributed by atoms with van der Waals surface area (Å²) in [6.45, 7) is 12.8. The zero-order valence-corrected chi connectivity index (χ0v) is 16.3. The number of hydrogen-bond acceptors (Lipinski definition) is 2. The van der Waals surface area contributed by atoms with Gasteiger partial charge in [-0.1, -0.05) is 39.0 Å². The van der Waals surface area contributed by atoms with E-state index in [1.165, 1.54) is 6.42 Å². The molecule has 0 bridgehead atoms. The predicted molar refractivity (Wildman–Crippen MR) is 98.3 cm³/mol. The summed E-state index contributed by atoms with van der Waals surface area (Å²) >= 11 is 0. The van der Waals surface area contributed by atoms with Crippen LogP contribution < -0.4 is 0 Å². The molecule has 0 spiro atoms. The van der Waals surface area contributed by atoms with Crippen LogP contribution in [0.5, 0.6) is 0 Å². The molecule has 1 aromatic rings. The minimum atomic E-state index is -1.77. The highest BCUT2D eigenvalue weighted by atomic mass is 28.4. The van der Waals surface area contributed by atoms with Crippen molar-refractivity contribution in [3.8, 4) is 0 Å². The lowest BCUT2D eigenvalue weighted by Gasteiger charge is -2.41. The van der Waals surface area contributed by atoms with Gasteiger partial charge in [0.2, 0.25) is 0 Å². The maximum atomic E-state index is 12.8. The summed E-state index contributed by atoms with van der Waals surface area (Å²) in [5.41, 5.74) is 0.784. The van der Waals surface area contributed by atoms with Crippen molar-refractivity contribution in [2.24, 2.45) is 0 Å². The first-order chi connectivity index (χ1) is 10.7. The zero-order valence-electron chi connectivity index (χ0n) is 15.3. The van der Waals surface area contributed by atoms with E-state index in [9.17, 15) is 4.79 Å². The van der Waals surface area contributed by atoms with Crippen LogP contribution in [0.2, 0.25) is 18.1 Å². The van der Waals surface area contributed by atoms with Crippen molar-refractivity contribution < 1.29 is 9.22 Å². The quantitative estimate of drug-likeness (QED) is 0.747. The second kappa shape index (κ2) is 7.18. The standard InChI is InChI=1S/C19H31NO2Si/c1-19(2,3)23(4,5)22-15-17-13-9-10-14-20(17)18(21)16-11-7-6-8-12-16/h6-8,11-12,17H,9-10,13-15H2,1-5H3/t17-/m0/s1. The SMILES string of the molecule is CC(C)(C)[Si](C)(C)OC[C@@H]1CCCCN1C(=O)c1ccccc1. The van der Waals surface area contributed by atoms with Crippen LogP contribution in [0.1, 0.15) is 50.4 Å². The van der Waals surface area contributed by atoms with E-state index in [1.807, 2.05) is 35.2 Å². The molecule has 23 heavy (non-hydrogen) atoms. The van der Waals surface area contributed by atoms with E-state index in [4.69, 9.17) is 4.43 Å². The second-order valence-corrected chi connectivity index (χ2v) is 12.9. The summed E-state index contributed by atoms with van der Waals surface area (Å²) in [6, 6.07) is 9.83. The molecule has 3 nitrogen and oxygen atoms in total. The van der Waals surface area contributed by atoms with Gasteiger partial charge in [0, 0.05) is 12.1 Å². The largest absolute Gasteiger partial charge is 0.415 e. The van der Waals surface area contributed by atoms with E-state index in [0.29, 0.717) is 6.61 Å². The Hall–Kier alpha value is -1.13. The van der Waals surface area contributed by atoms with Crippen molar-refractivity contribution in [2.45, 2.75) is 64.2 Å². The molecule has 1 aromatic carbocycles. The molecule has 1 fully saturated rings. The highest BCUT2D eigenvalue weighted by Gasteiger charge is 2.38. The lowest BCUT2D eigenvalue weighted by Crippen LogP contribution is -2.49. The summed E-state index contributed by atoms with van der Waals surface area (Å²) in [5.74, 6) is 0.147. The van der Waals surface area contributed by atoms with Gasteiger partial charge in [0.05, 0.1) is 12.6 Å². The van der Waals surface area contributed by atoms with Gasteiger partial charge < -0.3 is 9.33 Å². The first-order valence-electron chi connectivity index (χ1n) is 8.72. The van der Waals surface area contributed by atoms with Crippen molar-refractivity contribution in [3.63, 3.8) is 0 Å². The van der Waals surface area contributed by atoms with Gasteiger partial charge in [0.25, 0.3) is 5.91 Å². The highest BCUT2D eigenvalue weighted by molar-refractivity contribution is 6.74. The summed E-state index contributed by atoms with van der Waals surface area (Å²) in [4.78, 5) is 14.8. The van der Waals surface area contributed by atoms with Gasteiger partial charge in [-0.05, 0) is 49.5 Å². The number of carbonyl (C=O) groups is 1. The van der Waals surface area contributed by atoms with Gasteiger partial charge in [-0.25, -0.2) is 0 Å². The molecule has 0 saturated carbocycles. The fourth-order valence-electron chi connectivity index (χ4n) is 2.71. The molecule has 0 N–H and O–H groups in total. The Balaban J connectivity index is 2.06. The molecule has 2 rings (SSSR count). The monoisotopic (exact) mass is 333 g/mol. The molecule has 1 amide bonds. The third-order valence-corrected chi connectivity index (χ3v) is 9.85. The number of carbonyl (C=O) groups excluding carboxylic acids is 1. The zero-order chi connectivity index (χ0) is 17.1. The van der Waals surface area contributed by atoms with Crippen LogP contribution in [0, 0.1) is 0 Å². The Bertz CT molecular complexity index is 522. The maximum absolute atomic E-state index is 12.8. The fourth-order valence-corrected chi connectivity index (χ4v) is 3.75. The van der Waals surface area contributed by atoms with Crippen LogP contribution in [0.25, 0.3) is 0 Å². The molecule has 4 heteroatoms. The number of likely N-dealkylation sites (tertiary alicyclic amines) is 1. The van der Waals surface area contributed by atoms with Crippen molar-refractivity contribution in [3.05, 3.63) is 35.9 Å². The molecule has 1 saturated heterocycles. The van der Waals surface area contributed by atoms with Crippen LogP contribution in [-0.4, -0.2) is 38.3 Å². The average Bonchev–Trinajstić information content (AvgIpc) is 2.52. The highest BCUT2D eigenvalue weighted by Crippen LogP contribution is 2.37. The molecule has 0 radical (unpaired) electrons. The molecule has 1 atom stereocenters. The van der Waals surface area contributed by atoms with E-state index in [-0.39, 0.29) is 17.0 Å². The second-order valence-electron chi connectivity index (χ2n) is 8.09. The van der Waals surface area contributed by atoms with Crippen molar-refractivity contribution >= 4 is 14.2 Å². The predicted octanol–water partition coefficient (Wildman–Crippen LogP) is 4.70. The van der Waals surface area contributed by atoms with Gasteiger partial charge in [-0.2, -0.15) is 0 Å². The van der Waals surface area contributed by atoms with E-state index < -0.39 is 8.32 Å². The summed E-state index contributed by atoms with van der Waals surface area (Å²) < 4.78 is 6.39. The molecular formula is C19H31NO2Si. The lowest BCUT2D eigenvalue weighted by atomic mass is 10.0. The van der Waals surface area contributed by atoms with Crippen LogP contribution >= 0.6 is 0 Å². The van der Waals surface area contributed by atoms with Gasteiger partial charge in [0.15, 0.2) is 8.32 Å². The Kier molecular flexibility index (Phi) is 5.68. The van der Waals surface area contributed by atoms with Crippen LogP contribution in [-0.2, 0) is 4.43 Å². The van der Waals surface area contributed by atoms with E-state index in [2.05, 4.69) is 33.9 Å². The first kappa shape index (κ1) is 18.2. The number of benzene rings is 1. The lowest BCUT2D eigenvalue weighted by molar-refractivity contribution is 0.0515. The average molecular weight is 334 g/mol. The number of rotatable bonds is 4. The minimum absolute atomic E-state index is 0.147. The molecule has 0 aromatic heterocycles. The van der Waals surface area contributed by atoms with Gasteiger partial charge in [-0.3, -0.25) is 4.79 Å². The van der Waals surface area contributed by atoms with Gasteiger partial charge in [0.1, 0.15) is 0 Å². The Morgan fingerprint density at radius 3 is 2.48 bits per heavy atom. The summed E-state index contributed by atoms with van der Waals surface area (Å²) in [7, 11) is -1.77. The normalized spacial score (nSPS) is 19.7. The third-order valence-electron chi connectivity index (χ3n) is 5.35. The topological polar surface area (TPSA) is 29.5 Å². The van der Waals surface area contributed by atoms with Crippen molar-refractivity contribution in [2.75, 3.05) is 13.2 Å². The third kappa shape index (κ3) is 4.45. The van der Waals surface area contributed by atoms with Crippen LogP contribution in [0.15, 0.2) is 30.3 Å². The van der Waals surface area contributed by atoms with E-state index in [1.54, 1.807) is 0 Å². The number of amides is 1. The van der Waals surface area contributed by atoms with Crippen molar-refractivity contribution in [1.82, 2.24) is 4.90 Å². The van der Waals surface area contributed by atoms with E-state index >= 15 is 0 Å². The number of nitrogens with zero attached hydrogens (tertiary/aromatic N) is 1. The maximum Gasteiger partial charge on any atom is 0.254 e. The molecular weight excluding hydrogens is 302 g/mol. The molecule has 128 valence electrons. The Morgan fingerprint density at radius 1 is 1.22 bits per heavy atom. The van der Waals surface area contributed by atoms with Gasteiger partial charge >= 0.3 is 0 Å². The molecule has 1 aliphatic heterocycles. The van der Waals surface area contributed by atoms with Crippen LogP contribution in [0.3, 0.4) is 0 Å². The Morgan fingerprint density at radius 2 is 1.87 bits per heavy atom. The van der Waals surface area contributed by atoms with Crippen molar-refractivity contribution in [1.29, 1.82) is 0 Å². The molecule has 0 unspecified atom stereocenters. The van der Waals surface area contributed by atoms with Gasteiger partial charge in [-0.15, -0.1) is 0 Å². The Labute approximate surface area is 142 Å². The summed E-state index contributed by atoms with van der Waals surface area (Å²) in [5, 5.41) is 0.204. The summed E-state index contributed by atoms with van der Waals surface area (Å²) in [6.07, 6.45) is 3.33. The number of hydrogen-bond donors (Lipinski definition) is 0. The van der Waals surface area contributed by atoms with Crippen LogP contribution in [0.4, 0.5) is 0 Å². The first-order valence-corrected chi connectivity index (χ1v) is 11.6. The molecule has 1 aliphatic rings. The number of piperidine rings is 1. The van der Waals surface area contributed by atoms with E-state index in [0.717, 1.165) is 24.9 Å². The fraction of sp³-hybridized carbons (Fsp3) is 0.632. The molecule has 0 aliphatic carbocycles. The smallest absolute Gasteiger partial charge is 0.254 e. The minimum Gasteiger partial charge on any atom is -0.415 e. The molecule has 1 heterocycles.